The van der Waals surface area contributed by atoms with Gasteiger partial charge in [0.25, 0.3) is 0 Å². The van der Waals surface area contributed by atoms with Gasteiger partial charge >= 0.3 is 0 Å². The summed E-state index contributed by atoms with van der Waals surface area (Å²) in [6.07, 6.45) is 4.96. The molecule has 1 aromatic carbocycles. The van der Waals surface area contributed by atoms with Gasteiger partial charge in [0.05, 0.1) is 0 Å². The standard InChI is InChI=1S/C16H20N4/c1-12-3-2-4-14(7-12)15-9-18-16(19-10-15)20-6-5-13(8-17)11-20/h2-4,7,9-10,13H,5-6,8,11,17H2,1H3. The molecule has 0 saturated carbocycles. The van der Waals surface area contributed by atoms with Crippen LogP contribution in [0.25, 0.3) is 11.1 Å². The van der Waals surface area contributed by atoms with Crippen LogP contribution in [-0.4, -0.2) is 29.6 Å². The van der Waals surface area contributed by atoms with Gasteiger partial charge in [-0.05, 0) is 31.4 Å². The molecule has 3 rings (SSSR count). The minimum Gasteiger partial charge on any atom is -0.340 e. The third-order valence-electron chi connectivity index (χ3n) is 3.89. The monoisotopic (exact) mass is 268 g/mol. The average molecular weight is 268 g/mol. The van der Waals surface area contributed by atoms with Gasteiger partial charge in [0.15, 0.2) is 0 Å². The summed E-state index contributed by atoms with van der Waals surface area (Å²) < 4.78 is 0. The second-order valence-corrected chi connectivity index (χ2v) is 5.48. The molecule has 0 aliphatic carbocycles. The second kappa shape index (κ2) is 5.59. The Morgan fingerprint density at radius 3 is 2.70 bits per heavy atom. The minimum absolute atomic E-state index is 0.579. The molecule has 1 fully saturated rings. The largest absolute Gasteiger partial charge is 0.340 e. The highest BCUT2D eigenvalue weighted by molar-refractivity contribution is 5.62. The number of hydrogen-bond donors (Lipinski definition) is 1. The van der Waals surface area contributed by atoms with Gasteiger partial charge in [-0.3, -0.25) is 0 Å². The predicted octanol–water partition coefficient (Wildman–Crippen LogP) is 2.24. The number of rotatable bonds is 3. The first-order valence-corrected chi connectivity index (χ1v) is 7.10. The highest BCUT2D eigenvalue weighted by Crippen LogP contribution is 2.23. The van der Waals surface area contributed by atoms with E-state index in [4.69, 9.17) is 5.73 Å². The van der Waals surface area contributed by atoms with Gasteiger partial charge < -0.3 is 10.6 Å². The van der Waals surface area contributed by atoms with E-state index in [1.807, 2.05) is 12.4 Å². The third-order valence-corrected chi connectivity index (χ3v) is 3.89. The predicted molar refractivity (Wildman–Crippen MR) is 81.6 cm³/mol. The van der Waals surface area contributed by atoms with E-state index in [0.29, 0.717) is 5.92 Å². The molecule has 4 heteroatoms. The number of nitrogens with two attached hydrogens (primary N) is 1. The van der Waals surface area contributed by atoms with E-state index >= 15 is 0 Å². The number of anilines is 1. The number of aryl methyl sites for hydroxylation is 1. The Morgan fingerprint density at radius 1 is 1.25 bits per heavy atom. The summed E-state index contributed by atoms with van der Waals surface area (Å²) >= 11 is 0. The number of nitrogens with zero attached hydrogens (tertiary/aromatic N) is 3. The first-order chi connectivity index (χ1) is 9.76. The molecular weight excluding hydrogens is 248 g/mol. The number of hydrogen-bond acceptors (Lipinski definition) is 4. The molecule has 2 heterocycles. The van der Waals surface area contributed by atoms with Crippen molar-refractivity contribution in [2.24, 2.45) is 11.7 Å². The molecular formula is C16H20N4. The normalized spacial score (nSPS) is 18.5. The highest BCUT2D eigenvalue weighted by atomic mass is 15.3. The van der Waals surface area contributed by atoms with Crippen LogP contribution in [0.2, 0.25) is 0 Å². The minimum atomic E-state index is 0.579. The van der Waals surface area contributed by atoms with Gasteiger partial charge in [0, 0.05) is 31.0 Å². The maximum Gasteiger partial charge on any atom is 0.225 e. The van der Waals surface area contributed by atoms with E-state index in [1.165, 1.54) is 5.56 Å². The van der Waals surface area contributed by atoms with Gasteiger partial charge in [0.1, 0.15) is 0 Å². The van der Waals surface area contributed by atoms with Crippen LogP contribution in [0.5, 0.6) is 0 Å². The van der Waals surface area contributed by atoms with Crippen molar-refractivity contribution in [3.63, 3.8) is 0 Å². The Balaban J connectivity index is 1.78. The van der Waals surface area contributed by atoms with Crippen LogP contribution in [0.15, 0.2) is 36.7 Å². The Bertz CT molecular complexity index is 579. The molecule has 1 aliphatic rings. The van der Waals surface area contributed by atoms with E-state index in [2.05, 4.69) is 46.1 Å². The van der Waals surface area contributed by atoms with Crippen molar-refractivity contribution in [1.82, 2.24) is 9.97 Å². The third kappa shape index (κ3) is 2.65. The molecule has 1 saturated heterocycles. The van der Waals surface area contributed by atoms with Crippen molar-refractivity contribution in [3.8, 4) is 11.1 Å². The lowest BCUT2D eigenvalue weighted by Gasteiger charge is -2.16. The van der Waals surface area contributed by atoms with E-state index < -0.39 is 0 Å². The molecule has 1 unspecified atom stereocenters. The van der Waals surface area contributed by atoms with E-state index in [0.717, 1.165) is 43.1 Å². The maximum atomic E-state index is 5.72. The zero-order chi connectivity index (χ0) is 13.9. The fraction of sp³-hybridized carbons (Fsp3) is 0.375. The fourth-order valence-corrected chi connectivity index (χ4v) is 2.66. The first-order valence-electron chi connectivity index (χ1n) is 7.10. The Morgan fingerprint density at radius 2 is 2.05 bits per heavy atom. The molecule has 2 N–H and O–H groups in total. The van der Waals surface area contributed by atoms with Gasteiger partial charge in [-0.2, -0.15) is 0 Å². The summed E-state index contributed by atoms with van der Waals surface area (Å²) in [5, 5.41) is 0. The first kappa shape index (κ1) is 13.1. The van der Waals surface area contributed by atoms with Crippen LogP contribution in [0, 0.1) is 12.8 Å². The van der Waals surface area contributed by atoms with Crippen molar-refractivity contribution in [1.29, 1.82) is 0 Å². The topological polar surface area (TPSA) is 55.0 Å². The van der Waals surface area contributed by atoms with E-state index in [1.54, 1.807) is 0 Å². The number of benzene rings is 1. The SMILES string of the molecule is Cc1cccc(-c2cnc(N3CCC(CN)C3)nc2)c1. The lowest BCUT2D eigenvalue weighted by atomic mass is 10.1. The molecule has 20 heavy (non-hydrogen) atoms. The molecule has 2 aromatic rings. The quantitative estimate of drug-likeness (QED) is 0.927. The van der Waals surface area contributed by atoms with Crippen molar-refractivity contribution < 1.29 is 0 Å². The summed E-state index contributed by atoms with van der Waals surface area (Å²) in [5.74, 6) is 1.40. The van der Waals surface area contributed by atoms with E-state index in [9.17, 15) is 0 Å². The summed E-state index contributed by atoms with van der Waals surface area (Å²) in [6.45, 7) is 4.82. The summed E-state index contributed by atoms with van der Waals surface area (Å²) in [6, 6.07) is 8.39. The van der Waals surface area contributed by atoms with Crippen LogP contribution in [-0.2, 0) is 0 Å². The summed E-state index contributed by atoms with van der Waals surface area (Å²) in [5.41, 5.74) is 9.19. The molecule has 1 atom stereocenters. The van der Waals surface area contributed by atoms with Crippen molar-refractivity contribution in [3.05, 3.63) is 42.2 Å². The van der Waals surface area contributed by atoms with Crippen LogP contribution in [0.1, 0.15) is 12.0 Å². The molecule has 1 aliphatic heterocycles. The molecule has 0 radical (unpaired) electrons. The van der Waals surface area contributed by atoms with Crippen LogP contribution < -0.4 is 10.6 Å². The molecule has 0 amide bonds. The van der Waals surface area contributed by atoms with E-state index in [-0.39, 0.29) is 0 Å². The lowest BCUT2D eigenvalue weighted by Crippen LogP contribution is -2.24. The van der Waals surface area contributed by atoms with Crippen molar-refractivity contribution in [2.45, 2.75) is 13.3 Å². The van der Waals surface area contributed by atoms with Crippen LogP contribution >= 0.6 is 0 Å². The Kier molecular flexibility index (Phi) is 3.65. The molecule has 0 spiro atoms. The van der Waals surface area contributed by atoms with Gasteiger partial charge in [-0.1, -0.05) is 29.8 Å². The molecule has 1 aromatic heterocycles. The van der Waals surface area contributed by atoms with Crippen molar-refractivity contribution in [2.75, 3.05) is 24.5 Å². The zero-order valence-corrected chi connectivity index (χ0v) is 11.8. The smallest absolute Gasteiger partial charge is 0.225 e. The average Bonchev–Trinajstić information content (AvgIpc) is 2.96. The van der Waals surface area contributed by atoms with Gasteiger partial charge in [-0.25, -0.2) is 9.97 Å². The van der Waals surface area contributed by atoms with Crippen molar-refractivity contribution >= 4 is 5.95 Å². The van der Waals surface area contributed by atoms with Crippen LogP contribution in [0.4, 0.5) is 5.95 Å². The van der Waals surface area contributed by atoms with Gasteiger partial charge in [0.2, 0.25) is 5.95 Å². The van der Waals surface area contributed by atoms with Gasteiger partial charge in [-0.15, -0.1) is 0 Å². The lowest BCUT2D eigenvalue weighted by molar-refractivity contribution is 0.602. The maximum absolute atomic E-state index is 5.72. The zero-order valence-electron chi connectivity index (χ0n) is 11.8. The fourth-order valence-electron chi connectivity index (χ4n) is 2.66. The van der Waals surface area contributed by atoms with Crippen LogP contribution in [0.3, 0.4) is 0 Å². The Labute approximate surface area is 119 Å². The molecule has 0 bridgehead atoms. The second-order valence-electron chi connectivity index (χ2n) is 5.48. The highest BCUT2D eigenvalue weighted by Gasteiger charge is 2.22. The Hall–Kier alpha value is -1.94. The number of aromatic nitrogens is 2. The molecule has 4 nitrogen and oxygen atoms in total. The summed E-state index contributed by atoms with van der Waals surface area (Å²) in [4.78, 5) is 11.2. The molecule has 104 valence electrons. The summed E-state index contributed by atoms with van der Waals surface area (Å²) in [7, 11) is 0.